The molecule has 2 aromatic carbocycles. The zero-order valence-corrected chi connectivity index (χ0v) is 17.4. The lowest BCUT2D eigenvalue weighted by atomic mass is 10.1. The lowest BCUT2D eigenvalue weighted by molar-refractivity contribution is -0.137. The molecule has 4 rings (SSSR count). The first kappa shape index (κ1) is 21.0. The van der Waals surface area contributed by atoms with E-state index in [0.29, 0.717) is 22.6 Å². The van der Waals surface area contributed by atoms with Crippen LogP contribution in [0.4, 0.5) is 23.2 Å². The largest absolute Gasteiger partial charge is 0.416 e. The van der Waals surface area contributed by atoms with E-state index in [9.17, 15) is 22.4 Å². The van der Waals surface area contributed by atoms with Crippen molar-refractivity contribution in [2.45, 2.75) is 6.18 Å². The Morgan fingerprint density at radius 3 is 2.42 bits per heavy atom. The van der Waals surface area contributed by atoms with Gasteiger partial charge in [-0.3, -0.25) is 9.20 Å². The number of halogens is 5. The van der Waals surface area contributed by atoms with E-state index in [2.05, 4.69) is 25.9 Å². The van der Waals surface area contributed by atoms with Crippen LogP contribution in [0.1, 0.15) is 16.1 Å². The number of hydrogen-bond donors (Lipinski definition) is 0. The predicted octanol–water partition coefficient (Wildman–Crippen LogP) is 5.59. The quantitative estimate of drug-likeness (QED) is 0.350. The van der Waals surface area contributed by atoms with Gasteiger partial charge in [0.2, 0.25) is 0 Å². The van der Waals surface area contributed by atoms with Crippen molar-refractivity contribution in [3.05, 3.63) is 82.6 Å². The van der Waals surface area contributed by atoms with E-state index in [1.807, 2.05) is 0 Å². The molecule has 0 saturated carbocycles. The van der Waals surface area contributed by atoms with Gasteiger partial charge in [0.25, 0.3) is 5.91 Å². The highest BCUT2D eigenvalue weighted by atomic mass is 79.9. The molecule has 0 aliphatic rings. The molecule has 31 heavy (non-hydrogen) atoms. The van der Waals surface area contributed by atoms with E-state index in [0.717, 1.165) is 12.1 Å². The summed E-state index contributed by atoms with van der Waals surface area (Å²) in [5, 5.41) is 0. The van der Waals surface area contributed by atoms with Crippen LogP contribution in [-0.2, 0) is 6.18 Å². The number of carbonyl (C=O) groups is 1. The molecule has 0 unspecified atom stereocenters. The topological polar surface area (TPSA) is 50.5 Å². The number of alkyl halides is 3. The third-order valence-corrected chi connectivity index (χ3v) is 5.33. The second-order valence-electron chi connectivity index (χ2n) is 6.68. The summed E-state index contributed by atoms with van der Waals surface area (Å²) in [6, 6.07) is 8.83. The number of fused-ring (bicyclic) bond motifs is 1. The maximum absolute atomic E-state index is 13.5. The first-order chi connectivity index (χ1) is 14.6. The van der Waals surface area contributed by atoms with Crippen molar-refractivity contribution in [3.8, 4) is 11.3 Å². The number of imidazole rings is 1. The molecule has 4 aromatic rings. The highest BCUT2D eigenvalue weighted by molar-refractivity contribution is 9.10. The van der Waals surface area contributed by atoms with E-state index in [1.165, 1.54) is 60.9 Å². The van der Waals surface area contributed by atoms with Crippen LogP contribution in [0.2, 0.25) is 0 Å². The minimum atomic E-state index is -4.43. The molecule has 0 N–H and O–H groups in total. The molecule has 2 heterocycles. The molecule has 0 saturated heterocycles. The SMILES string of the molecule is CN(C(=O)c1cn2c(-c3ccc(C(F)(F)F)cc3)cnc2cn1)c1ccc(F)c(Br)c1. The van der Waals surface area contributed by atoms with Gasteiger partial charge >= 0.3 is 6.18 Å². The highest BCUT2D eigenvalue weighted by Gasteiger charge is 2.30. The average molecular weight is 493 g/mol. The summed E-state index contributed by atoms with van der Waals surface area (Å²) in [4.78, 5) is 22.6. The number of aromatic nitrogens is 3. The molecule has 0 spiro atoms. The summed E-state index contributed by atoms with van der Waals surface area (Å²) in [5.74, 6) is -0.906. The molecular formula is C21H13BrF4N4O. The summed E-state index contributed by atoms with van der Waals surface area (Å²) in [6.45, 7) is 0. The maximum Gasteiger partial charge on any atom is 0.416 e. The van der Waals surface area contributed by atoms with Crippen molar-refractivity contribution in [1.82, 2.24) is 14.4 Å². The van der Waals surface area contributed by atoms with Crippen LogP contribution >= 0.6 is 15.9 Å². The van der Waals surface area contributed by atoms with E-state index in [4.69, 9.17) is 0 Å². The number of amides is 1. The second kappa shape index (κ2) is 7.77. The van der Waals surface area contributed by atoms with E-state index < -0.39 is 23.5 Å². The van der Waals surface area contributed by atoms with Gasteiger partial charge in [-0.1, -0.05) is 12.1 Å². The number of rotatable bonds is 3. The van der Waals surface area contributed by atoms with Crippen LogP contribution in [-0.4, -0.2) is 27.3 Å². The molecule has 10 heteroatoms. The van der Waals surface area contributed by atoms with Gasteiger partial charge in [0.05, 0.1) is 28.1 Å². The Morgan fingerprint density at radius 2 is 1.77 bits per heavy atom. The zero-order chi connectivity index (χ0) is 22.3. The van der Waals surface area contributed by atoms with Crippen LogP contribution in [0, 0.1) is 5.82 Å². The van der Waals surface area contributed by atoms with Gasteiger partial charge in [-0.25, -0.2) is 14.4 Å². The molecule has 2 aromatic heterocycles. The van der Waals surface area contributed by atoms with Crippen molar-refractivity contribution in [3.63, 3.8) is 0 Å². The summed E-state index contributed by atoms with van der Waals surface area (Å²) in [7, 11) is 1.53. The van der Waals surface area contributed by atoms with E-state index >= 15 is 0 Å². The zero-order valence-electron chi connectivity index (χ0n) is 15.9. The minimum absolute atomic E-state index is 0.0848. The molecule has 158 valence electrons. The van der Waals surface area contributed by atoms with Gasteiger partial charge in [0.1, 0.15) is 11.5 Å². The number of hydrogen-bond acceptors (Lipinski definition) is 3. The van der Waals surface area contributed by atoms with E-state index in [-0.39, 0.29) is 10.2 Å². The van der Waals surface area contributed by atoms with Crippen molar-refractivity contribution < 1.29 is 22.4 Å². The van der Waals surface area contributed by atoms with Gasteiger partial charge < -0.3 is 4.90 Å². The Hall–Kier alpha value is -3.27. The van der Waals surface area contributed by atoms with Crippen molar-refractivity contribution in [2.24, 2.45) is 0 Å². The standard InChI is InChI=1S/C21H13BrF4N4O/c1-29(14-6-7-16(23)15(22)8-14)20(31)17-11-30-18(9-28-19(30)10-27-17)12-2-4-13(5-3-12)21(24,25)26/h2-11H,1H3. The van der Waals surface area contributed by atoms with E-state index in [1.54, 1.807) is 4.40 Å². The number of nitrogens with zero attached hydrogens (tertiary/aromatic N) is 4. The van der Waals surface area contributed by atoms with Crippen molar-refractivity contribution in [2.75, 3.05) is 11.9 Å². The number of carbonyl (C=O) groups excluding carboxylic acids is 1. The molecule has 0 radical (unpaired) electrons. The van der Waals surface area contributed by atoms with Gasteiger partial charge in [0.15, 0.2) is 5.65 Å². The Morgan fingerprint density at radius 1 is 1.06 bits per heavy atom. The highest BCUT2D eigenvalue weighted by Crippen LogP contribution is 2.31. The van der Waals surface area contributed by atoms with Crippen molar-refractivity contribution >= 4 is 33.2 Å². The van der Waals surface area contributed by atoms with Crippen LogP contribution < -0.4 is 4.90 Å². The van der Waals surface area contributed by atoms with Gasteiger partial charge in [0, 0.05) is 24.5 Å². The van der Waals surface area contributed by atoms with Gasteiger partial charge in [-0.2, -0.15) is 13.2 Å². The molecule has 0 atom stereocenters. The number of benzene rings is 2. The smallest absolute Gasteiger partial charge is 0.310 e. The molecule has 0 aliphatic carbocycles. The molecular weight excluding hydrogens is 480 g/mol. The second-order valence-corrected chi connectivity index (χ2v) is 7.54. The first-order valence-electron chi connectivity index (χ1n) is 8.89. The van der Waals surface area contributed by atoms with Crippen LogP contribution in [0.3, 0.4) is 0 Å². The predicted molar refractivity (Wildman–Crippen MR) is 110 cm³/mol. The molecule has 0 fully saturated rings. The minimum Gasteiger partial charge on any atom is -0.310 e. The van der Waals surface area contributed by atoms with Crippen LogP contribution in [0.25, 0.3) is 16.9 Å². The summed E-state index contributed by atoms with van der Waals surface area (Å²) in [6.07, 6.45) is -0.0713. The summed E-state index contributed by atoms with van der Waals surface area (Å²) >= 11 is 3.09. The fourth-order valence-electron chi connectivity index (χ4n) is 3.03. The van der Waals surface area contributed by atoms with Gasteiger partial charge in [-0.15, -0.1) is 0 Å². The maximum atomic E-state index is 13.5. The molecule has 1 amide bonds. The monoisotopic (exact) mass is 492 g/mol. The molecule has 0 aliphatic heterocycles. The van der Waals surface area contributed by atoms with Crippen molar-refractivity contribution in [1.29, 1.82) is 0 Å². The third kappa shape index (κ3) is 4.02. The third-order valence-electron chi connectivity index (χ3n) is 4.72. The Bertz CT molecular complexity index is 1290. The Kier molecular flexibility index (Phi) is 5.26. The number of anilines is 1. The first-order valence-corrected chi connectivity index (χ1v) is 9.68. The average Bonchev–Trinajstić information content (AvgIpc) is 3.17. The normalized spacial score (nSPS) is 11.7. The lowest BCUT2D eigenvalue weighted by Gasteiger charge is -2.17. The van der Waals surface area contributed by atoms with Crippen LogP contribution in [0.5, 0.6) is 0 Å². The Labute approximate surface area is 182 Å². The summed E-state index contributed by atoms with van der Waals surface area (Å²) < 4.78 is 53.8. The molecule has 5 nitrogen and oxygen atoms in total. The fraction of sp³-hybridized carbons (Fsp3) is 0.0952. The Balaban J connectivity index is 1.69. The molecule has 0 bridgehead atoms. The fourth-order valence-corrected chi connectivity index (χ4v) is 3.39. The van der Waals surface area contributed by atoms with Crippen LogP contribution in [0.15, 0.2) is 65.5 Å². The summed E-state index contributed by atoms with van der Waals surface area (Å²) in [5.41, 5.74) is 1.22. The lowest BCUT2D eigenvalue weighted by Crippen LogP contribution is -2.27. The van der Waals surface area contributed by atoms with Gasteiger partial charge in [-0.05, 0) is 46.3 Å².